The molecule has 0 saturated heterocycles. The fraction of sp³-hybridized carbons (Fsp3) is 0.385. The normalized spacial score (nSPS) is 15.2. The molecule has 0 atom stereocenters. The maximum Gasteiger partial charge on any atom is 0.108 e. The molecule has 0 unspecified atom stereocenters. The van der Waals surface area contributed by atoms with E-state index in [1.807, 2.05) is 18.3 Å². The maximum absolute atomic E-state index is 4.69. The van der Waals surface area contributed by atoms with Gasteiger partial charge in [0.15, 0.2) is 0 Å². The first-order valence-corrected chi connectivity index (χ1v) is 6.68. The summed E-state index contributed by atoms with van der Waals surface area (Å²) in [5.41, 5.74) is 3.27. The second kappa shape index (κ2) is 4.26. The molecule has 3 nitrogen and oxygen atoms in total. The summed E-state index contributed by atoms with van der Waals surface area (Å²) in [6.07, 6.45) is 6.33. The van der Waals surface area contributed by atoms with Crippen LogP contribution in [0.1, 0.15) is 18.5 Å². The summed E-state index contributed by atoms with van der Waals surface area (Å²) in [7, 11) is 0. The molecular formula is C13H14BrN3. The molecule has 2 aromatic heterocycles. The molecule has 0 amide bonds. The number of rotatable bonds is 3. The van der Waals surface area contributed by atoms with Crippen LogP contribution in [0, 0.1) is 12.8 Å². The first-order valence-electron chi connectivity index (χ1n) is 5.89. The monoisotopic (exact) mass is 291 g/mol. The molecule has 1 saturated carbocycles. The van der Waals surface area contributed by atoms with Crippen LogP contribution < -0.4 is 0 Å². The molecule has 3 rings (SSSR count). The Morgan fingerprint density at radius 2 is 2.29 bits per heavy atom. The van der Waals surface area contributed by atoms with Crippen LogP contribution in [0.3, 0.4) is 0 Å². The van der Waals surface area contributed by atoms with Gasteiger partial charge in [0.1, 0.15) is 5.69 Å². The van der Waals surface area contributed by atoms with Gasteiger partial charge in [-0.2, -0.15) is 5.10 Å². The van der Waals surface area contributed by atoms with Crippen molar-refractivity contribution >= 4 is 15.9 Å². The van der Waals surface area contributed by atoms with Crippen molar-refractivity contribution in [2.75, 3.05) is 0 Å². The van der Waals surface area contributed by atoms with E-state index in [0.29, 0.717) is 0 Å². The Labute approximate surface area is 109 Å². The third kappa shape index (κ3) is 2.14. The molecule has 88 valence electrons. The van der Waals surface area contributed by atoms with E-state index in [0.717, 1.165) is 28.2 Å². The van der Waals surface area contributed by atoms with Crippen molar-refractivity contribution < 1.29 is 0 Å². The minimum atomic E-state index is 0.835. The van der Waals surface area contributed by atoms with Gasteiger partial charge in [-0.05, 0) is 53.7 Å². The molecule has 2 heterocycles. The Balaban J connectivity index is 1.99. The quantitative estimate of drug-likeness (QED) is 0.867. The molecule has 0 spiro atoms. The maximum atomic E-state index is 4.69. The summed E-state index contributed by atoms with van der Waals surface area (Å²) >= 11 is 3.64. The van der Waals surface area contributed by atoms with Crippen molar-refractivity contribution in [3.63, 3.8) is 0 Å². The van der Waals surface area contributed by atoms with Crippen molar-refractivity contribution in [3.05, 3.63) is 34.7 Å². The lowest BCUT2D eigenvalue weighted by Crippen LogP contribution is -2.03. The van der Waals surface area contributed by atoms with E-state index < -0.39 is 0 Å². The van der Waals surface area contributed by atoms with Crippen molar-refractivity contribution in [2.24, 2.45) is 5.92 Å². The van der Waals surface area contributed by atoms with Crippen LogP contribution in [-0.2, 0) is 6.54 Å². The average Bonchev–Trinajstić information content (AvgIpc) is 3.13. The van der Waals surface area contributed by atoms with Crippen molar-refractivity contribution in [3.8, 4) is 11.3 Å². The zero-order valence-electron chi connectivity index (χ0n) is 9.73. The van der Waals surface area contributed by atoms with Crippen molar-refractivity contribution in [1.29, 1.82) is 0 Å². The van der Waals surface area contributed by atoms with E-state index in [9.17, 15) is 0 Å². The summed E-state index contributed by atoms with van der Waals surface area (Å²) in [4.78, 5) is 4.14. The van der Waals surface area contributed by atoms with Gasteiger partial charge < -0.3 is 0 Å². The largest absolute Gasteiger partial charge is 0.268 e. The van der Waals surface area contributed by atoms with E-state index in [4.69, 9.17) is 0 Å². The van der Waals surface area contributed by atoms with E-state index in [-0.39, 0.29) is 0 Å². The Hall–Kier alpha value is -1.16. The number of hydrogen-bond acceptors (Lipinski definition) is 2. The molecule has 17 heavy (non-hydrogen) atoms. The highest BCUT2D eigenvalue weighted by molar-refractivity contribution is 9.10. The van der Waals surface area contributed by atoms with Crippen LogP contribution >= 0.6 is 15.9 Å². The van der Waals surface area contributed by atoms with Crippen LogP contribution in [-0.4, -0.2) is 14.8 Å². The van der Waals surface area contributed by atoms with Gasteiger partial charge in [-0.3, -0.25) is 9.67 Å². The molecule has 2 aromatic rings. The molecule has 0 N–H and O–H groups in total. The lowest BCUT2D eigenvalue weighted by Gasteiger charge is -2.01. The standard InChI is InChI=1S/C13H14BrN3/c1-9-12(14)13(11-3-2-6-15-7-11)16-17(9)8-10-4-5-10/h2-3,6-7,10H,4-5,8H2,1H3. The minimum absolute atomic E-state index is 0.835. The lowest BCUT2D eigenvalue weighted by molar-refractivity contribution is 0.551. The van der Waals surface area contributed by atoms with Gasteiger partial charge in [0.25, 0.3) is 0 Å². The Kier molecular flexibility index (Phi) is 2.74. The molecule has 1 aliphatic rings. The second-order valence-corrected chi connectivity index (χ2v) is 5.41. The average molecular weight is 292 g/mol. The zero-order chi connectivity index (χ0) is 11.8. The van der Waals surface area contributed by atoms with Crippen molar-refractivity contribution in [1.82, 2.24) is 14.8 Å². The van der Waals surface area contributed by atoms with Gasteiger partial charge >= 0.3 is 0 Å². The summed E-state index contributed by atoms with van der Waals surface area (Å²) in [6, 6.07) is 3.98. The zero-order valence-corrected chi connectivity index (χ0v) is 11.3. The molecule has 1 fully saturated rings. The Morgan fingerprint density at radius 3 is 2.94 bits per heavy atom. The van der Waals surface area contributed by atoms with Gasteiger partial charge in [-0.25, -0.2) is 0 Å². The third-order valence-corrected chi connectivity index (χ3v) is 4.15. The summed E-state index contributed by atoms with van der Waals surface area (Å²) in [6.45, 7) is 3.16. The first-order chi connectivity index (χ1) is 8.25. The van der Waals surface area contributed by atoms with Gasteiger partial charge in [0.2, 0.25) is 0 Å². The van der Waals surface area contributed by atoms with Gasteiger partial charge in [0, 0.05) is 24.5 Å². The lowest BCUT2D eigenvalue weighted by atomic mass is 10.2. The molecule has 0 aliphatic heterocycles. The fourth-order valence-corrected chi connectivity index (χ4v) is 2.45. The van der Waals surface area contributed by atoms with Crippen LogP contribution in [0.2, 0.25) is 0 Å². The predicted octanol–water partition coefficient (Wildman–Crippen LogP) is 3.43. The summed E-state index contributed by atoms with van der Waals surface area (Å²) in [5, 5.41) is 4.69. The molecule has 0 bridgehead atoms. The molecule has 0 radical (unpaired) electrons. The number of halogens is 1. The SMILES string of the molecule is Cc1c(Br)c(-c2cccnc2)nn1CC1CC1. The topological polar surface area (TPSA) is 30.7 Å². The fourth-order valence-electron chi connectivity index (χ4n) is 1.93. The molecular weight excluding hydrogens is 278 g/mol. The van der Waals surface area contributed by atoms with Crippen molar-refractivity contribution in [2.45, 2.75) is 26.3 Å². The number of pyridine rings is 1. The predicted molar refractivity (Wildman–Crippen MR) is 70.6 cm³/mol. The second-order valence-electron chi connectivity index (χ2n) is 4.62. The number of nitrogens with zero attached hydrogens (tertiary/aromatic N) is 3. The summed E-state index contributed by atoms with van der Waals surface area (Å²) < 4.78 is 3.20. The van der Waals surface area contributed by atoms with Gasteiger partial charge in [-0.1, -0.05) is 0 Å². The van der Waals surface area contributed by atoms with Crippen LogP contribution in [0.5, 0.6) is 0 Å². The Morgan fingerprint density at radius 1 is 1.47 bits per heavy atom. The summed E-state index contributed by atoms with van der Waals surface area (Å²) in [5.74, 6) is 0.835. The Bertz CT molecular complexity index is 529. The van der Waals surface area contributed by atoms with Gasteiger partial charge in [-0.15, -0.1) is 0 Å². The van der Waals surface area contributed by atoms with E-state index in [1.54, 1.807) is 6.20 Å². The highest BCUT2D eigenvalue weighted by atomic mass is 79.9. The third-order valence-electron chi connectivity index (χ3n) is 3.20. The minimum Gasteiger partial charge on any atom is -0.268 e. The highest BCUT2D eigenvalue weighted by Gasteiger charge is 2.24. The highest BCUT2D eigenvalue weighted by Crippen LogP contribution is 2.34. The first kappa shape index (κ1) is 11.0. The van der Waals surface area contributed by atoms with Crippen LogP contribution in [0.4, 0.5) is 0 Å². The van der Waals surface area contributed by atoms with Crippen LogP contribution in [0.15, 0.2) is 29.0 Å². The molecule has 4 heteroatoms. The van der Waals surface area contributed by atoms with E-state index >= 15 is 0 Å². The molecule has 1 aliphatic carbocycles. The van der Waals surface area contributed by atoms with E-state index in [1.165, 1.54) is 18.5 Å². The van der Waals surface area contributed by atoms with Crippen LogP contribution in [0.25, 0.3) is 11.3 Å². The smallest absolute Gasteiger partial charge is 0.108 e. The molecule has 0 aromatic carbocycles. The van der Waals surface area contributed by atoms with E-state index in [2.05, 4.69) is 37.6 Å². The van der Waals surface area contributed by atoms with Gasteiger partial charge in [0.05, 0.1) is 10.2 Å². The number of aromatic nitrogens is 3. The number of hydrogen-bond donors (Lipinski definition) is 0.